The Bertz CT molecular complexity index is 807. The van der Waals surface area contributed by atoms with Crippen molar-refractivity contribution >= 4 is 27.9 Å². The van der Waals surface area contributed by atoms with E-state index < -0.39 is 6.04 Å². The maximum Gasteiger partial charge on any atom is 0.247 e. The number of hydrogen-bond donors (Lipinski definition) is 2. The molecule has 1 aliphatic carbocycles. The molecule has 0 spiro atoms. The van der Waals surface area contributed by atoms with Gasteiger partial charge in [0.1, 0.15) is 22.9 Å². The first-order valence-corrected chi connectivity index (χ1v) is 9.27. The van der Waals surface area contributed by atoms with Crippen LogP contribution < -0.4 is 10.6 Å². The number of nitrogens with one attached hydrogen (secondary N) is 2. The molecule has 4 nitrogen and oxygen atoms in total. The molecule has 1 atom stereocenters. The topological polar surface area (TPSA) is 64.9 Å². The van der Waals surface area contributed by atoms with Gasteiger partial charge in [-0.05, 0) is 62.4 Å². The van der Waals surface area contributed by atoms with Gasteiger partial charge in [-0.2, -0.15) is 5.26 Å². The molecule has 0 saturated carbocycles. The Hall–Kier alpha value is -2.39. The van der Waals surface area contributed by atoms with E-state index in [9.17, 15) is 14.4 Å². The van der Waals surface area contributed by atoms with Gasteiger partial charge in [-0.1, -0.05) is 6.42 Å². The molecule has 0 aliphatic heterocycles. The van der Waals surface area contributed by atoms with Crippen LogP contribution in [0.5, 0.6) is 0 Å². The fourth-order valence-electron chi connectivity index (χ4n) is 3.03. The van der Waals surface area contributed by atoms with Crippen LogP contribution in [0.15, 0.2) is 24.3 Å². The van der Waals surface area contributed by atoms with E-state index in [1.54, 1.807) is 19.1 Å². The number of amides is 1. The molecular weight excluding hydrogens is 337 g/mol. The fourth-order valence-corrected chi connectivity index (χ4v) is 4.27. The summed E-state index contributed by atoms with van der Waals surface area (Å²) in [7, 11) is 0. The zero-order chi connectivity index (χ0) is 17.8. The van der Waals surface area contributed by atoms with Crippen LogP contribution in [0.3, 0.4) is 0 Å². The number of hydrogen-bond acceptors (Lipinski definition) is 4. The average molecular weight is 357 g/mol. The Morgan fingerprint density at radius 1 is 1.24 bits per heavy atom. The predicted octanol–water partition coefficient (Wildman–Crippen LogP) is 4.47. The van der Waals surface area contributed by atoms with Crippen LogP contribution in [-0.2, 0) is 17.6 Å². The lowest BCUT2D eigenvalue weighted by Gasteiger charge is -2.15. The highest BCUT2D eigenvalue weighted by atomic mass is 32.1. The standard InChI is InChI=1S/C19H20FN3OS/c1-12(22-14-9-7-13(20)8-10-14)18(24)23-19-16(11-21)15-5-3-2-4-6-17(15)25-19/h7-10,12,22H,2-6H2,1H3,(H,23,24)/t12-/m1/s1. The maximum absolute atomic E-state index is 13.0. The lowest BCUT2D eigenvalue weighted by molar-refractivity contribution is -0.116. The summed E-state index contributed by atoms with van der Waals surface area (Å²) in [4.78, 5) is 13.7. The van der Waals surface area contributed by atoms with Crippen molar-refractivity contribution in [3.05, 3.63) is 46.1 Å². The molecule has 0 unspecified atom stereocenters. The van der Waals surface area contributed by atoms with Crippen molar-refractivity contribution in [1.82, 2.24) is 0 Å². The molecule has 25 heavy (non-hydrogen) atoms. The van der Waals surface area contributed by atoms with Gasteiger partial charge >= 0.3 is 0 Å². The lowest BCUT2D eigenvalue weighted by Crippen LogP contribution is -2.31. The van der Waals surface area contributed by atoms with E-state index >= 15 is 0 Å². The van der Waals surface area contributed by atoms with E-state index in [0.717, 1.165) is 31.2 Å². The summed E-state index contributed by atoms with van der Waals surface area (Å²) in [6, 6.07) is 7.63. The van der Waals surface area contributed by atoms with Gasteiger partial charge < -0.3 is 10.6 Å². The van der Waals surface area contributed by atoms with Gasteiger partial charge in [0.2, 0.25) is 5.91 Å². The number of benzene rings is 1. The van der Waals surface area contributed by atoms with Crippen molar-refractivity contribution in [2.75, 3.05) is 10.6 Å². The van der Waals surface area contributed by atoms with Crippen LogP contribution in [0, 0.1) is 17.1 Å². The van der Waals surface area contributed by atoms with Gasteiger partial charge in [0.05, 0.1) is 5.56 Å². The van der Waals surface area contributed by atoms with Gasteiger partial charge in [0.25, 0.3) is 0 Å². The quantitative estimate of drug-likeness (QED) is 0.794. The van der Waals surface area contributed by atoms with Crippen molar-refractivity contribution < 1.29 is 9.18 Å². The minimum Gasteiger partial charge on any atom is -0.374 e. The highest BCUT2D eigenvalue weighted by molar-refractivity contribution is 7.16. The normalized spacial score (nSPS) is 14.8. The number of thiophene rings is 1. The molecular formula is C19H20FN3OS. The van der Waals surface area contributed by atoms with E-state index in [2.05, 4.69) is 16.7 Å². The second-order valence-corrected chi connectivity index (χ2v) is 7.35. The summed E-state index contributed by atoms with van der Waals surface area (Å²) in [5, 5.41) is 16.1. The molecule has 1 aromatic carbocycles. The molecule has 1 aromatic heterocycles. The number of fused-ring (bicyclic) bond motifs is 1. The van der Waals surface area contributed by atoms with Crippen LogP contribution in [0.25, 0.3) is 0 Å². The number of halogens is 1. The van der Waals surface area contributed by atoms with Gasteiger partial charge in [-0.3, -0.25) is 4.79 Å². The van der Waals surface area contributed by atoms with Crippen molar-refractivity contribution in [2.24, 2.45) is 0 Å². The van der Waals surface area contributed by atoms with Gasteiger partial charge in [0.15, 0.2) is 0 Å². The molecule has 1 aliphatic rings. The Balaban J connectivity index is 1.72. The molecule has 130 valence electrons. The van der Waals surface area contributed by atoms with Crippen molar-refractivity contribution in [2.45, 2.75) is 45.1 Å². The number of carbonyl (C=O) groups is 1. The van der Waals surface area contributed by atoms with E-state index in [1.165, 1.54) is 34.8 Å². The minimum absolute atomic E-state index is 0.211. The highest BCUT2D eigenvalue weighted by Crippen LogP contribution is 2.37. The Kier molecular flexibility index (Phi) is 5.34. The van der Waals surface area contributed by atoms with Crippen LogP contribution in [0.1, 0.15) is 42.2 Å². The molecule has 1 heterocycles. The minimum atomic E-state index is -0.501. The van der Waals surface area contributed by atoms with Gasteiger partial charge in [-0.15, -0.1) is 11.3 Å². The third-order valence-electron chi connectivity index (χ3n) is 4.39. The SMILES string of the molecule is C[C@@H](Nc1ccc(F)cc1)C(=O)Nc1sc2c(c1C#N)CCCCC2. The third-order valence-corrected chi connectivity index (χ3v) is 5.60. The number of nitrogens with zero attached hydrogens (tertiary/aromatic N) is 1. The summed E-state index contributed by atoms with van der Waals surface area (Å²) in [6.07, 6.45) is 5.30. The number of carbonyl (C=O) groups excluding carboxylic acids is 1. The van der Waals surface area contributed by atoms with Crippen molar-refractivity contribution in [3.63, 3.8) is 0 Å². The molecule has 1 amide bonds. The summed E-state index contributed by atoms with van der Waals surface area (Å²) >= 11 is 1.52. The molecule has 0 radical (unpaired) electrons. The first-order chi connectivity index (χ1) is 12.1. The third kappa shape index (κ3) is 3.99. The number of rotatable bonds is 4. The van der Waals surface area contributed by atoms with Gasteiger partial charge in [0, 0.05) is 10.6 Å². The average Bonchev–Trinajstić information content (AvgIpc) is 2.76. The van der Waals surface area contributed by atoms with E-state index in [4.69, 9.17) is 0 Å². The second-order valence-electron chi connectivity index (χ2n) is 6.24. The summed E-state index contributed by atoms with van der Waals surface area (Å²) in [5.41, 5.74) is 2.40. The van der Waals surface area contributed by atoms with Crippen LogP contribution in [0.2, 0.25) is 0 Å². The predicted molar refractivity (Wildman–Crippen MR) is 98.4 cm³/mol. The smallest absolute Gasteiger partial charge is 0.247 e. The van der Waals surface area contributed by atoms with Crippen LogP contribution in [-0.4, -0.2) is 11.9 Å². The molecule has 6 heteroatoms. The monoisotopic (exact) mass is 357 g/mol. The number of nitriles is 1. The number of aryl methyl sites for hydroxylation is 1. The number of anilines is 2. The molecule has 0 saturated heterocycles. The van der Waals surface area contributed by atoms with E-state index in [-0.39, 0.29) is 11.7 Å². The Morgan fingerprint density at radius 2 is 1.96 bits per heavy atom. The Morgan fingerprint density at radius 3 is 2.68 bits per heavy atom. The lowest BCUT2D eigenvalue weighted by atomic mass is 10.1. The van der Waals surface area contributed by atoms with Crippen molar-refractivity contribution in [1.29, 1.82) is 5.26 Å². The maximum atomic E-state index is 13.0. The zero-order valence-electron chi connectivity index (χ0n) is 14.1. The van der Waals surface area contributed by atoms with Gasteiger partial charge in [-0.25, -0.2) is 4.39 Å². The van der Waals surface area contributed by atoms with Crippen molar-refractivity contribution in [3.8, 4) is 6.07 Å². The second kappa shape index (κ2) is 7.66. The summed E-state index contributed by atoms with van der Waals surface area (Å²) < 4.78 is 13.0. The summed E-state index contributed by atoms with van der Waals surface area (Å²) in [5.74, 6) is -0.529. The van der Waals surface area contributed by atoms with E-state index in [1.807, 2.05) is 0 Å². The highest BCUT2D eigenvalue weighted by Gasteiger charge is 2.22. The molecule has 2 N–H and O–H groups in total. The first kappa shape index (κ1) is 17.4. The first-order valence-electron chi connectivity index (χ1n) is 8.46. The summed E-state index contributed by atoms with van der Waals surface area (Å²) in [6.45, 7) is 1.74. The largest absolute Gasteiger partial charge is 0.374 e. The Labute approximate surface area is 150 Å². The molecule has 3 rings (SSSR count). The molecule has 0 fully saturated rings. The molecule has 2 aromatic rings. The van der Waals surface area contributed by atoms with Crippen LogP contribution in [0.4, 0.5) is 15.1 Å². The zero-order valence-corrected chi connectivity index (χ0v) is 14.9. The molecule has 0 bridgehead atoms. The van der Waals surface area contributed by atoms with E-state index in [0.29, 0.717) is 16.3 Å². The fraction of sp³-hybridized carbons (Fsp3) is 0.368. The van der Waals surface area contributed by atoms with Crippen LogP contribution >= 0.6 is 11.3 Å².